The Morgan fingerprint density at radius 3 is 2.89 bits per heavy atom. The number of esters is 1. The fraction of sp³-hybridized carbons (Fsp3) is 0.200. The van der Waals surface area contributed by atoms with Crippen LogP contribution in [0.15, 0.2) is 23.0 Å². The number of ether oxygens (including phenoxy) is 1. The minimum Gasteiger partial charge on any atom is -0.468 e. The lowest BCUT2D eigenvalue weighted by Crippen LogP contribution is -2.19. The molecule has 0 aliphatic rings. The normalized spacial score (nSPS) is 10.5. The molecule has 94 valence electrons. The number of nitro groups is 1. The first kappa shape index (κ1) is 12.2. The quantitative estimate of drug-likeness (QED) is 0.473. The van der Waals surface area contributed by atoms with E-state index in [0.29, 0.717) is 10.1 Å². The fourth-order valence-electron chi connectivity index (χ4n) is 1.46. The van der Waals surface area contributed by atoms with E-state index >= 15 is 0 Å². The van der Waals surface area contributed by atoms with E-state index in [2.05, 4.69) is 4.74 Å². The van der Waals surface area contributed by atoms with Crippen LogP contribution in [0.2, 0.25) is 0 Å². The highest BCUT2D eigenvalue weighted by Crippen LogP contribution is 2.22. The Hall–Kier alpha value is -2.22. The third kappa shape index (κ3) is 2.09. The maximum atomic E-state index is 11.9. The summed E-state index contributed by atoms with van der Waals surface area (Å²) >= 11 is 0.998. The van der Waals surface area contributed by atoms with Gasteiger partial charge in [0.1, 0.15) is 6.54 Å². The maximum absolute atomic E-state index is 11.9. The molecule has 0 saturated carbocycles. The Balaban J connectivity index is 2.52. The monoisotopic (exact) mass is 268 g/mol. The van der Waals surface area contributed by atoms with Crippen LogP contribution in [0.5, 0.6) is 0 Å². The molecular formula is C10H8N2O5S. The number of non-ortho nitro benzene ring substituents is 1. The maximum Gasteiger partial charge on any atom is 0.326 e. The molecule has 2 aromatic rings. The summed E-state index contributed by atoms with van der Waals surface area (Å²) in [6.07, 6.45) is 0. The molecule has 1 aromatic heterocycles. The Kier molecular flexibility index (Phi) is 3.11. The second kappa shape index (κ2) is 4.57. The van der Waals surface area contributed by atoms with Crippen LogP contribution in [0.1, 0.15) is 0 Å². The zero-order valence-electron chi connectivity index (χ0n) is 9.28. The van der Waals surface area contributed by atoms with Gasteiger partial charge in [-0.2, -0.15) is 0 Å². The molecular weight excluding hydrogens is 260 g/mol. The summed E-state index contributed by atoms with van der Waals surface area (Å²) < 4.78 is 6.15. The molecule has 0 fully saturated rings. The number of aromatic nitrogens is 1. The minimum absolute atomic E-state index is 0.0889. The van der Waals surface area contributed by atoms with Gasteiger partial charge in [0.25, 0.3) is 11.2 Å². The van der Waals surface area contributed by atoms with Crippen molar-refractivity contribution in [1.29, 1.82) is 0 Å². The minimum atomic E-state index is -0.543. The molecule has 0 amide bonds. The van der Waals surface area contributed by atoms with Gasteiger partial charge in [0, 0.05) is 12.1 Å². The second-order valence-electron chi connectivity index (χ2n) is 3.45. The van der Waals surface area contributed by atoms with E-state index < -0.39 is 10.9 Å². The van der Waals surface area contributed by atoms with Gasteiger partial charge in [-0.05, 0) is 6.07 Å². The van der Waals surface area contributed by atoms with E-state index in [9.17, 15) is 19.7 Å². The highest BCUT2D eigenvalue weighted by Gasteiger charge is 2.14. The molecule has 0 atom stereocenters. The smallest absolute Gasteiger partial charge is 0.326 e. The van der Waals surface area contributed by atoms with E-state index in [4.69, 9.17) is 0 Å². The van der Waals surface area contributed by atoms with Gasteiger partial charge in [0.05, 0.1) is 22.1 Å². The van der Waals surface area contributed by atoms with Crippen LogP contribution in [-0.4, -0.2) is 22.0 Å². The van der Waals surface area contributed by atoms with Gasteiger partial charge < -0.3 is 4.74 Å². The van der Waals surface area contributed by atoms with E-state index in [0.717, 1.165) is 11.5 Å². The second-order valence-corrected chi connectivity index (χ2v) is 4.51. The van der Waals surface area contributed by atoms with Crippen LogP contribution < -0.4 is 5.56 Å². The Labute approximate surface area is 105 Å². The van der Waals surface area contributed by atoms with Crippen LogP contribution >= 0.6 is 11.5 Å². The molecule has 2 rings (SSSR count). The Morgan fingerprint density at radius 1 is 1.56 bits per heavy atom. The predicted molar refractivity (Wildman–Crippen MR) is 64.8 cm³/mol. The van der Waals surface area contributed by atoms with Gasteiger partial charge in [0.2, 0.25) is 0 Å². The molecule has 0 bridgehead atoms. The lowest BCUT2D eigenvalue weighted by molar-refractivity contribution is -0.384. The number of carbonyl (C=O) groups is 1. The summed E-state index contributed by atoms with van der Waals surface area (Å²) in [6.45, 7) is -0.192. The molecule has 0 aliphatic heterocycles. The van der Waals surface area contributed by atoms with Crippen molar-refractivity contribution in [2.24, 2.45) is 0 Å². The Morgan fingerprint density at radius 2 is 2.28 bits per heavy atom. The van der Waals surface area contributed by atoms with Gasteiger partial charge in [-0.25, -0.2) is 0 Å². The third-order valence-corrected chi connectivity index (χ3v) is 3.39. The van der Waals surface area contributed by atoms with Crippen molar-refractivity contribution < 1.29 is 14.5 Å². The number of nitro benzene ring substituents is 1. The number of hydrogen-bond acceptors (Lipinski definition) is 6. The van der Waals surface area contributed by atoms with Gasteiger partial charge in [-0.1, -0.05) is 11.5 Å². The molecule has 7 nitrogen and oxygen atoms in total. The number of nitrogens with zero attached hydrogens (tertiary/aromatic N) is 2. The van der Waals surface area contributed by atoms with Crippen molar-refractivity contribution >= 4 is 33.3 Å². The lowest BCUT2D eigenvalue weighted by Gasteiger charge is -1.96. The van der Waals surface area contributed by atoms with Gasteiger partial charge in [0.15, 0.2) is 0 Å². The topological polar surface area (TPSA) is 91.4 Å². The molecule has 0 radical (unpaired) electrons. The molecule has 8 heteroatoms. The molecule has 0 spiro atoms. The average Bonchev–Trinajstić information content (AvgIpc) is 2.65. The Bertz CT molecular complexity index is 687. The van der Waals surface area contributed by atoms with E-state index in [1.807, 2.05) is 0 Å². The van der Waals surface area contributed by atoms with E-state index in [-0.39, 0.29) is 17.8 Å². The first-order valence-corrected chi connectivity index (χ1v) is 5.65. The lowest BCUT2D eigenvalue weighted by atomic mass is 10.2. The first-order valence-electron chi connectivity index (χ1n) is 4.88. The molecule has 0 unspecified atom stereocenters. The number of hydrogen-bond donors (Lipinski definition) is 0. The molecule has 18 heavy (non-hydrogen) atoms. The number of fused-ring (bicyclic) bond motifs is 1. The third-order valence-electron chi connectivity index (χ3n) is 2.34. The van der Waals surface area contributed by atoms with Gasteiger partial charge in [-0.3, -0.25) is 23.7 Å². The number of carbonyl (C=O) groups excluding carboxylic acids is 1. The fourth-order valence-corrected chi connectivity index (χ4v) is 2.47. The molecule has 1 heterocycles. The van der Waals surface area contributed by atoms with Crippen LogP contribution in [-0.2, 0) is 16.1 Å². The molecule has 0 saturated heterocycles. The molecule has 0 aliphatic carbocycles. The van der Waals surface area contributed by atoms with Crippen LogP contribution in [0.3, 0.4) is 0 Å². The summed E-state index contributed by atoms with van der Waals surface area (Å²) in [4.78, 5) is 33.0. The van der Waals surface area contributed by atoms with Crippen molar-refractivity contribution in [3.8, 4) is 0 Å². The van der Waals surface area contributed by atoms with Crippen LogP contribution in [0, 0.1) is 10.1 Å². The highest BCUT2D eigenvalue weighted by atomic mass is 32.1. The van der Waals surface area contributed by atoms with Crippen molar-refractivity contribution in [2.75, 3.05) is 7.11 Å². The predicted octanol–water partition coefficient (Wildman–Crippen LogP) is 1.14. The largest absolute Gasteiger partial charge is 0.468 e. The highest BCUT2D eigenvalue weighted by molar-refractivity contribution is 7.13. The van der Waals surface area contributed by atoms with Crippen LogP contribution in [0.4, 0.5) is 5.69 Å². The van der Waals surface area contributed by atoms with Crippen LogP contribution in [0.25, 0.3) is 10.1 Å². The van der Waals surface area contributed by atoms with Crippen molar-refractivity contribution in [3.63, 3.8) is 0 Å². The van der Waals surface area contributed by atoms with Gasteiger partial charge in [-0.15, -0.1) is 0 Å². The summed E-state index contributed by atoms with van der Waals surface area (Å²) in [6, 6.07) is 3.97. The standard InChI is InChI=1S/C10H8N2O5S/c1-17-9(13)5-11-10(14)7-3-2-6(12(15)16)4-8(7)18-11/h2-4H,5H2,1H3. The van der Waals surface area contributed by atoms with Gasteiger partial charge >= 0.3 is 5.97 Å². The van der Waals surface area contributed by atoms with Crippen molar-refractivity contribution in [2.45, 2.75) is 6.54 Å². The summed E-state index contributed by atoms with van der Waals surface area (Å²) in [5.41, 5.74) is -0.440. The zero-order valence-corrected chi connectivity index (χ0v) is 10.1. The zero-order chi connectivity index (χ0) is 13.3. The van der Waals surface area contributed by atoms with E-state index in [1.165, 1.54) is 29.3 Å². The molecule has 1 aromatic carbocycles. The summed E-state index contributed by atoms with van der Waals surface area (Å²) in [5, 5.41) is 11.0. The van der Waals surface area contributed by atoms with Crippen molar-refractivity contribution in [3.05, 3.63) is 38.7 Å². The number of rotatable bonds is 3. The summed E-state index contributed by atoms with van der Waals surface area (Å²) in [5.74, 6) is -0.543. The number of methoxy groups -OCH3 is 1. The average molecular weight is 268 g/mol. The van der Waals surface area contributed by atoms with Crippen molar-refractivity contribution in [1.82, 2.24) is 3.96 Å². The summed E-state index contributed by atoms with van der Waals surface area (Å²) in [7, 11) is 1.23. The molecule has 0 N–H and O–H groups in total. The number of benzene rings is 1. The SMILES string of the molecule is COC(=O)Cn1sc2cc([N+](=O)[O-])ccc2c1=O. The first-order chi connectivity index (χ1) is 8.52. The van der Waals surface area contributed by atoms with E-state index in [1.54, 1.807) is 0 Å².